The van der Waals surface area contributed by atoms with Crippen molar-refractivity contribution in [2.24, 2.45) is 0 Å². The van der Waals surface area contributed by atoms with E-state index in [0.29, 0.717) is 17.8 Å². The van der Waals surface area contributed by atoms with Gasteiger partial charge in [-0.2, -0.15) is 5.10 Å². The normalized spacial score (nSPS) is 12.1. The highest BCUT2D eigenvalue weighted by Gasteiger charge is 2.22. The van der Waals surface area contributed by atoms with E-state index in [1.54, 1.807) is 13.0 Å². The van der Waals surface area contributed by atoms with Gasteiger partial charge >= 0.3 is 0 Å². The zero-order valence-corrected chi connectivity index (χ0v) is 15.4. The molecule has 7 nitrogen and oxygen atoms in total. The maximum absolute atomic E-state index is 14.6. The van der Waals surface area contributed by atoms with Crippen LogP contribution in [0.5, 0.6) is 0 Å². The van der Waals surface area contributed by atoms with Gasteiger partial charge in [0, 0.05) is 11.8 Å². The quantitative estimate of drug-likeness (QED) is 0.674. The van der Waals surface area contributed by atoms with E-state index < -0.39 is 34.1 Å². The largest absolute Gasteiger partial charge is 0.319 e. The van der Waals surface area contributed by atoms with Crippen molar-refractivity contribution < 1.29 is 17.8 Å². The Hall–Kier alpha value is -2.88. The van der Waals surface area contributed by atoms with Crippen molar-refractivity contribution in [3.05, 3.63) is 53.5 Å². The molecule has 3 aromatic rings. The van der Waals surface area contributed by atoms with Gasteiger partial charge in [0.1, 0.15) is 22.4 Å². The smallest absolute Gasteiger partial charge is 0.261 e. The lowest BCUT2D eigenvalue weighted by atomic mass is 10.1. The van der Waals surface area contributed by atoms with Crippen LogP contribution >= 0.6 is 0 Å². The van der Waals surface area contributed by atoms with E-state index in [-0.39, 0.29) is 11.4 Å². The molecule has 3 rings (SSSR count). The molecule has 10 heteroatoms. The molecule has 1 atom stereocenters. The van der Waals surface area contributed by atoms with Crippen molar-refractivity contribution in [1.29, 1.82) is 0 Å². The number of aryl methyl sites for hydroxylation is 1. The summed E-state index contributed by atoms with van der Waals surface area (Å²) in [6.45, 7) is 3.62. The molecule has 0 saturated heterocycles. The van der Waals surface area contributed by atoms with Crippen LogP contribution in [0.4, 0.5) is 20.2 Å². The molecule has 1 unspecified atom stereocenters. The van der Waals surface area contributed by atoms with Crippen LogP contribution in [0.1, 0.15) is 29.4 Å². The number of nitrogens with one attached hydrogen (secondary N) is 2. The van der Waals surface area contributed by atoms with E-state index >= 15 is 0 Å². The summed E-state index contributed by atoms with van der Waals surface area (Å²) >= 11 is 0. The lowest BCUT2D eigenvalue weighted by Gasteiger charge is -2.11. The lowest BCUT2D eigenvalue weighted by Crippen LogP contribution is -2.18. The molecule has 0 aliphatic rings. The van der Waals surface area contributed by atoms with Gasteiger partial charge in [0.05, 0.1) is 29.5 Å². The van der Waals surface area contributed by atoms with E-state index in [1.165, 1.54) is 16.9 Å². The van der Waals surface area contributed by atoms with E-state index in [0.717, 1.165) is 17.8 Å². The summed E-state index contributed by atoms with van der Waals surface area (Å²) in [5.41, 5.74) is 0.562. The number of aromatic nitrogens is 3. The van der Waals surface area contributed by atoms with Crippen molar-refractivity contribution >= 4 is 33.9 Å². The molecule has 0 fully saturated rings. The molecule has 0 radical (unpaired) electrons. The van der Waals surface area contributed by atoms with Gasteiger partial charge in [-0.3, -0.25) is 4.79 Å². The second-order valence-electron chi connectivity index (χ2n) is 5.82. The molecular weight excluding hydrogens is 376 g/mol. The SMILES string of the molecule is CCCS(=O)Nc1ccc(F)c(C(=O)Nc2cnc3cc(C)nn3c2)c1F. The fraction of sp³-hybridized carbons (Fsp3) is 0.235. The first-order valence-corrected chi connectivity index (χ1v) is 9.47. The summed E-state index contributed by atoms with van der Waals surface area (Å²) < 4.78 is 44.4. The van der Waals surface area contributed by atoms with Crippen molar-refractivity contribution in [1.82, 2.24) is 14.6 Å². The number of benzene rings is 1. The average Bonchev–Trinajstić information content (AvgIpc) is 2.97. The molecule has 2 heterocycles. The highest BCUT2D eigenvalue weighted by atomic mass is 32.2. The van der Waals surface area contributed by atoms with Crippen LogP contribution in [0.25, 0.3) is 5.65 Å². The first-order valence-electron chi connectivity index (χ1n) is 8.15. The van der Waals surface area contributed by atoms with Crippen LogP contribution in [0.3, 0.4) is 0 Å². The van der Waals surface area contributed by atoms with Crippen molar-refractivity contribution in [3.8, 4) is 0 Å². The summed E-state index contributed by atoms with van der Waals surface area (Å²) in [6, 6.07) is 3.80. The summed E-state index contributed by atoms with van der Waals surface area (Å²) in [4.78, 5) is 16.5. The van der Waals surface area contributed by atoms with Crippen LogP contribution in [-0.4, -0.2) is 30.5 Å². The number of hydrogen-bond acceptors (Lipinski definition) is 4. The Kier molecular flexibility index (Phi) is 5.45. The molecule has 27 heavy (non-hydrogen) atoms. The number of nitrogens with zero attached hydrogens (tertiary/aromatic N) is 3. The van der Waals surface area contributed by atoms with Gasteiger partial charge in [0.25, 0.3) is 5.91 Å². The van der Waals surface area contributed by atoms with Gasteiger partial charge in [-0.05, 0) is 25.5 Å². The average molecular weight is 393 g/mol. The minimum atomic E-state index is -1.53. The fourth-order valence-electron chi connectivity index (χ4n) is 2.45. The Morgan fingerprint density at radius 3 is 2.85 bits per heavy atom. The van der Waals surface area contributed by atoms with Crippen LogP contribution in [-0.2, 0) is 11.0 Å². The zero-order valence-electron chi connectivity index (χ0n) is 14.6. The highest BCUT2D eigenvalue weighted by molar-refractivity contribution is 7.86. The molecule has 0 aliphatic carbocycles. The number of halogens is 2. The predicted octanol–water partition coefficient (Wildman–Crippen LogP) is 3.05. The molecule has 1 aromatic carbocycles. The molecule has 0 aliphatic heterocycles. The Labute approximate surface area is 156 Å². The third kappa shape index (κ3) is 4.11. The molecule has 2 aromatic heterocycles. The number of carbonyl (C=O) groups is 1. The minimum Gasteiger partial charge on any atom is -0.319 e. The second kappa shape index (κ2) is 7.78. The molecular formula is C17H17F2N5O2S. The Balaban J connectivity index is 1.87. The van der Waals surface area contributed by atoms with Gasteiger partial charge in [-0.1, -0.05) is 6.92 Å². The van der Waals surface area contributed by atoms with Crippen molar-refractivity contribution in [2.75, 3.05) is 15.8 Å². The van der Waals surface area contributed by atoms with Gasteiger partial charge in [-0.15, -0.1) is 0 Å². The Morgan fingerprint density at radius 2 is 2.11 bits per heavy atom. The maximum Gasteiger partial charge on any atom is 0.261 e. The molecule has 1 amide bonds. The monoisotopic (exact) mass is 393 g/mol. The lowest BCUT2D eigenvalue weighted by molar-refractivity contribution is 0.101. The van der Waals surface area contributed by atoms with E-state index in [4.69, 9.17) is 0 Å². The second-order valence-corrected chi connectivity index (χ2v) is 7.12. The standard InChI is InChI=1S/C17H17F2N5O2S/c1-3-6-27(26)23-13-5-4-12(18)15(16(13)19)17(25)21-11-8-20-14-7-10(2)22-24(14)9-11/h4-5,7-9,23H,3,6H2,1-2H3,(H,21,25). The zero-order chi connectivity index (χ0) is 19.6. The number of carbonyl (C=O) groups excluding carboxylic acids is 1. The van der Waals surface area contributed by atoms with Gasteiger partial charge in [-0.25, -0.2) is 22.5 Å². The molecule has 0 bridgehead atoms. The fourth-order valence-corrected chi connectivity index (χ4v) is 3.33. The van der Waals surface area contributed by atoms with Crippen LogP contribution in [0, 0.1) is 18.6 Å². The maximum atomic E-state index is 14.6. The van der Waals surface area contributed by atoms with Gasteiger partial charge in [0.15, 0.2) is 11.5 Å². The predicted molar refractivity (Wildman–Crippen MR) is 99.0 cm³/mol. The number of amides is 1. The number of anilines is 2. The Bertz CT molecular complexity index is 1040. The third-order valence-electron chi connectivity index (χ3n) is 3.62. The van der Waals surface area contributed by atoms with E-state index in [2.05, 4.69) is 20.1 Å². The topological polar surface area (TPSA) is 88.4 Å². The highest BCUT2D eigenvalue weighted by Crippen LogP contribution is 2.23. The van der Waals surface area contributed by atoms with E-state index in [1.807, 2.05) is 6.92 Å². The molecule has 0 spiro atoms. The summed E-state index contributed by atoms with van der Waals surface area (Å²) in [7, 11) is -1.53. The number of fused-ring (bicyclic) bond motifs is 1. The summed E-state index contributed by atoms with van der Waals surface area (Å²) in [5.74, 6) is -2.82. The van der Waals surface area contributed by atoms with Gasteiger partial charge in [0.2, 0.25) is 0 Å². The third-order valence-corrected chi connectivity index (χ3v) is 4.85. The van der Waals surface area contributed by atoms with Crippen molar-refractivity contribution in [2.45, 2.75) is 20.3 Å². The van der Waals surface area contributed by atoms with Crippen LogP contribution in [0.15, 0.2) is 30.6 Å². The number of rotatable bonds is 6. The number of hydrogen-bond donors (Lipinski definition) is 2. The van der Waals surface area contributed by atoms with E-state index in [9.17, 15) is 17.8 Å². The first-order chi connectivity index (χ1) is 12.9. The molecule has 0 saturated carbocycles. The van der Waals surface area contributed by atoms with Crippen LogP contribution < -0.4 is 10.0 Å². The summed E-state index contributed by atoms with van der Waals surface area (Å²) in [6.07, 6.45) is 3.47. The minimum absolute atomic E-state index is 0.204. The van der Waals surface area contributed by atoms with Crippen LogP contribution in [0.2, 0.25) is 0 Å². The Morgan fingerprint density at radius 1 is 1.33 bits per heavy atom. The van der Waals surface area contributed by atoms with Gasteiger partial charge < -0.3 is 10.0 Å². The summed E-state index contributed by atoms with van der Waals surface area (Å²) in [5, 5.41) is 6.57. The van der Waals surface area contributed by atoms with Crippen molar-refractivity contribution in [3.63, 3.8) is 0 Å². The first kappa shape index (κ1) is 18.9. The molecule has 2 N–H and O–H groups in total. The molecule has 142 valence electrons.